The molecule has 26 heavy (non-hydrogen) atoms. The highest BCUT2D eigenvalue weighted by molar-refractivity contribution is 8.00. The van der Waals surface area contributed by atoms with Gasteiger partial charge >= 0.3 is 0 Å². The van der Waals surface area contributed by atoms with Crippen LogP contribution in [0.25, 0.3) is 11.3 Å². The number of aromatic amines is 1. The number of aromatic nitrogens is 2. The molecule has 0 spiro atoms. The lowest BCUT2D eigenvalue weighted by molar-refractivity contribution is 0.244. The van der Waals surface area contributed by atoms with Gasteiger partial charge in [0, 0.05) is 6.54 Å². The number of H-pyrrole nitrogens is 1. The van der Waals surface area contributed by atoms with Crippen molar-refractivity contribution in [1.82, 2.24) is 19.0 Å². The van der Waals surface area contributed by atoms with Crippen LogP contribution in [0.1, 0.15) is 43.6 Å². The van der Waals surface area contributed by atoms with Gasteiger partial charge in [0.25, 0.3) is 10.2 Å². The Hall–Kier alpha value is -1.35. The van der Waals surface area contributed by atoms with Crippen molar-refractivity contribution in [2.45, 2.75) is 44.5 Å². The molecule has 8 heteroatoms. The Bertz CT molecular complexity index is 833. The van der Waals surface area contributed by atoms with Crippen molar-refractivity contribution in [2.75, 3.05) is 12.8 Å². The second-order valence-corrected chi connectivity index (χ2v) is 9.50. The molecule has 2 aromatic rings. The van der Waals surface area contributed by atoms with E-state index in [-0.39, 0.29) is 11.4 Å². The maximum atomic E-state index is 12.8. The van der Waals surface area contributed by atoms with E-state index in [0.29, 0.717) is 12.4 Å². The first-order chi connectivity index (χ1) is 12.4. The Balaban J connectivity index is 1.85. The van der Waals surface area contributed by atoms with E-state index in [2.05, 4.69) is 33.7 Å². The van der Waals surface area contributed by atoms with Crippen LogP contribution in [-0.2, 0) is 10.2 Å². The molecule has 3 rings (SSSR count). The molecular formula is C18H26N4O2S2. The number of hydrogen-bond donors (Lipinski definition) is 2. The molecule has 1 saturated heterocycles. The van der Waals surface area contributed by atoms with Gasteiger partial charge < -0.3 is 4.98 Å². The van der Waals surface area contributed by atoms with E-state index in [1.54, 1.807) is 10.5 Å². The molecule has 1 aromatic heterocycles. The maximum Gasteiger partial charge on any atom is 0.281 e. The van der Waals surface area contributed by atoms with Crippen molar-refractivity contribution >= 4 is 22.0 Å². The van der Waals surface area contributed by atoms with E-state index < -0.39 is 10.2 Å². The quantitative estimate of drug-likeness (QED) is 0.736. The van der Waals surface area contributed by atoms with E-state index in [9.17, 15) is 8.42 Å². The number of aryl methyl sites for hydroxylation is 1. The summed E-state index contributed by atoms with van der Waals surface area (Å²) in [4.78, 5) is 7.84. The molecule has 0 amide bonds. The number of hydrogen-bond acceptors (Lipinski definition) is 4. The Labute approximate surface area is 160 Å². The molecule has 0 bridgehead atoms. The summed E-state index contributed by atoms with van der Waals surface area (Å²) in [7, 11) is -3.55. The third-order valence-corrected chi connectivity index (χ3v) is 7.38. The molecule has 0 saturated carbocycles. The topological polar surface area (TPSA) is 78.1 Å². The minimum Gasteiger partial charge on any atom is -0.341 e. The van der Waals surface area contributed by atoms with E-state index in [1.807, 2.05) is 25.3 Å². The summed E-state index contributed by atoms with van der Waals surface area (Å²) in [6.45, 7) is 4.42. The normalized spacial score (nSPS) is 20.2. The number of thioether (sulfide) groups is 1. The molecule has 1 aromatic carbocycles. The zero-order valence-electron chi connectivity index (χ0n) is 15.4. The van der Waals surface area contributed by atoms with Crippen molar-refractivity contribution in [3.05, 3.63) is 41.9 Å². The van der Waals surface area contributed by atoms with Gasteiger partial charge in [-0.05, 0) is 38.5 Å². The Kier molecular flexibility index (Phi) is 6.06. The molecule has 1 aliphatic rings. The third kappa shape index (κ3) is 4.31. The predicted molar refractivity (Wildman–Crippen MR) is 107 cm³/mol. The number of nitrogens with one attached hydrogen (secondary N) is 2. The summed E-state index contributed by atoms with van der Waals surface area (Å²) >= 11 is 1.47. The smallest absolute Gasteiger partial charge is 0.281 e. The fourth-order valence-electron chi connectivity index (χ4n) is 3.18. The number of rotatable bonds is 6. The van der Waals surface area contributed by atoms with E-state index in [1.165, 1.54) is 17.3 Å². The molecule has 142 valence electrons. The highest BCUT2D eigenvalue weighted by atomic mass is 32.2. The standard InChI is InChI=1S/C18H26N4O2S2/c1-13-7-9-15(10-8-13)16-12-19-18(20-16)17-6-4-5-11-22(17)26(23,24)21-14(2)25-3/h7-10,12,14,17,21H,4-6,11H2,1-3H3,(H,19,20). The van der Waals surface area contributed by atoms with Crippen LogP contribution in [0.4, 0.5) is 0 Å². The largest absolute Gasteiger partial charge is 0.341 e. The van der Waals surface area contributed by atoms with Gasteiger partial charge in [-0.25, -0.2) is 4.98 Å². The molecule has 1 fully saturated rings. The van der Waals surface area contributed by atoms with E-state index >= 15 is 0 Å². The van der Waals surface area contributed by atoms with Crippen molar-refractivity contribution in [1.29, 1.82) is 0 Å². The van der Waals surface area contributed by atoms with Crippen LogP contribution >= 0.6 is 11.8 Å². The molecule has 0 aliphatic carbocycles. The molecule has 2 atom stereocenters. The van der Waals surface area contributed by atoms with Gasteiger partial charge in [0.15, 0.2) is 0 Å². The summed E-state index contributed by atoms with van der Waals surface area (Å²) in [5.74, 6) is 0.711. The van der Waals surface area contributed by atoms with Gasteiger partial charge in [0.1, 0.15) is 5.82 Å². The first-order valence-electron chi connectivity index (χ1n) is 8.84. The highest BCUT2D eigenvalue weighted by Crippen LogP contribution is 2.32. The maximum absolute atomic E-state index is 12.8. The molecule has 0 radical (unpaired) electrons. The fourth-order valence-corrected chi connectivity index (χ4v) is 5.39. The van der Waals surface area contributed by atoms with Gasteiger partial charge in [-0.15, -0.1) is 11.8 Å². The van der Waals surface area contributed by atoms with Crippen LogP contribution in [0.5, 0.6) is 0 Å². The van der Waals surface area contributed by atoms with Crippen LogP contribution in [0.3, 0.4) is 0 Å². The number of nitrogens with zero attached hydrogens (tertiary/aromatic N) is 2. The predicted octanol–water partition coefficient (Wildman–Crippen LogP) is 3.46. The number of benzene rings is 1. The summed E-state index contributed by atoms with van der Waals surface area (Å²) in [5.41, 5.74) is 3.16. The van der Waals surface area contributed by atoms with Crippen LogP contribution in [0.2, 0.25) is 0 Å². The van der Waals surface area contributed by atoms with Crippen molar-refractivity contribution in [3.63, 3.8) is 0 Å². The molecular weight excluding hydrogens is 368 g/mol. The monoisotopic (exact) mass is 394 g/mol. The highest BCUT2D eigenvalue weighted by Gasteiger charge is 2.35. The summed E-state index contributed by atoms with van der Waals surface area (Å²) in [6.07, 6.45) is 6.32. The van der Waals surface area contributed by atoms with E-state index in [0.717, 1.165) is 30.5 Å². The summed E-state index contributed by atoms with van der Waals surface area (Å²) in [6, 6.07) is 7.95. The van der Waals surface area contributed by atoms with E-state index in [4.69, 9.17) is 0 Å². The van der Waals surface area contributed by atoms with Crippen molar-refractivity contribution in [3.8, 4) is 11.3 Å². The van der Waals surface area contributed by atoms with Crippen molar-refractivity contribution in [2.24, 2.45) is 0 Å². The third-order valence-electron chi connectivity index (χ3n) is 4.70. The van der Waals surface area contributed by atoms with Crippen LogP contribution in [-0.4, -0.2) is 40.9 Å². The zero-order chi connectivity index (χ0) is 18.7. The lowest BCUT2D eigenvalue weighted by Crippen LogP contribution is -2.47. The summed E-state index contributed by atoms with van der Waals surface area (Å²) in [5, 5.41) is -0.165. The lowest BCUT2D eigenvalue weighted by Gasteiger charge is -2.34. The molecule has 6 nitrogen and oxygen atoms in total. The summed E-state index contributed by atoms with van der Waals surface area (Å²) < 4.78 is 29.9. The Morgan fingerprint density at radius 1 is 1.31 bits per heavy atom. The fraction of sp³-hybridized carbons (Fsp3) is 0.500. The average Bonchev–Trinajstić information content (AvgIpc) is 3.12. The van der Waals surface area contributed by atoms with Gasteiger partial charge in [-0.2, -0.15) is 17.4 Å². The minimum atomic E-state index is -3.55. The zero-order valence-corrected chi connectivity index (χ0v) is 17.0. The second-order valence-electron chi connectivity index (χ2n) is 6.67. The van der Waals surface area contributed by atoms with Crippen LogP contribution in [0.15, 0.2) is 30.5 Å². The van der Waals surface area contributed by atoms with Crippen LogP contribution < -0.4 is 4.72 Å². The Morgan fingerprint density at radius 3 is 2.73 bits per heavy atom. The second kappa shape index (κ2) is 8.12. The molecule has 2 N–H and O–H groups in total. The number of piperidine rings is 1. The number of imidazole rings is 1. The van der Waals surface area contributed by atoms with Gasteiger partial charge in [-0.1, -0.05) is 36.2 Å². The van der Waals surface area contributed by atoms with Gasteiger partial charge in [0.05, 0.1) is 23.3 Å². The average molecular weight is 395 g/mol. The molecule has 2 unspecified atom stereocenters. The molecule has 2 heterocycles. The Morgan fingerprint density at radius 2 is 2.04 bits per heavy atom. The van der Waals surface area contributed by atoms with Gasteiger partial charge in [0.2, 0.25) is 0 Å². The molecule has 1 aliphatic heterocycles. The van der Waals surface area contributed by atoms with Crippen LogP contribution in [0, 0.1) is 6.92 Å². The SMILES string of the molecule is CSC(C)NS(=O)(=O)N1CCCCC1c1ncc(-c2ccc(C)cc2)[nH]1. The van der Waals surface area contributed by atoms with Gasteiger partial charge in [-0.3, -0.25) is 0 Å². The lowest BCUT2D eigenvalue weighted by atomic mass is 10.0. The minimum absolute atomic E-state index is 0.165. The first-order valence-corrected chi connectivity index (χ1v) is 11.6. The first kappa shape index (κ1) is 19.4. The van der Waals surface area contributed by atoms with Crippen molar-refractivity contribution < 1.29 is 8.42 Å².